The van der Waals surface area contributed by atoms with Crippen LogP contribution in [0.3, 0.4) is 0 Å². The lowest BCUT2D eigenvalue weighted by Crippen LogP contribution is -2.51. The molecule has 2 aliphatic heterocycles. The Labute approximate surface area is 133 Å². The van der Waals surface area contributed by atoms with Crippen LogP contribution in [0.2, 0.25) is 0 Å². The summed E-state index contributed by atoms with van der Waals surface area (Å²) in [6.45, 7) is 6.28. The number of urea groups is 1. The van der Waals surface area contributed by atoms with Gasteiger partial charge in [0.15, 0.2) is 0 Å². The van der Waals surface area contributed by atoms with Gasteiger partial charge in [0.25, 0.3) is 0 Å². The average molecular weight is 311 g/mol. The zero-order valence-corrected chi connectivity index (χ0v) is 13.8. The summed E-state index contributed by atoms with van der Waals surface area (Å²) in [6, 6.07) is -0.0817. The van der Waals surface area contributed by atoms with Gasteiger partial charge in [0.1, 0.15) is 0 Å². The number of ether oxygens (including phenoxy) is 1. The third-order valence-electron chi connectivity index (χ3n) is 4.74. The molecule has 0 bridgehead atoms. The Balaban J connectivity index is 1.82. The largest absolute Gasteiger partial charge is 0.383 e. The lowest BCUT2D eigenvalue weighted by Gasteiger charge is -2.37. The van der Waals surface area contributed by atoms with Crippen LogP contribution >= 0.6 is 0 Å². The van der Waals surface area contributed by atoms with Crippen molar-refractivity contribution in [2.24, 2.45) is 11.8 Å². The first-order valence-electron chi connectivity index (χ1n) is 8.42. The highest BCUT2D eigenvalue weighted by atomic mass is 16.5. The Hall–Kier alpha value is -1.30. The van der Waals surface area contributed by atoms with Crippen LogP contribution in [0.5, 0.6) is 0 Å². The predicted molar refractivity (Wildman–Crippen MR) is 84.5 cm³/mol. The third-order valence-corrected chi connectivity index (χ3v) is 4.74. The second kappa shape index (κ2) is 8.36. The Morgan fingerprint density at radius 2 is 1.86 bits per heavy atom. The molecule has 0 aliphatic carbocycles. The molecule has 3 amide bonds. The number of nitrogens with one attached hydrogen (secondary N) is 1. The van der Waals surface area contributed by atoms with Crippen molar-refractivity contribution in [1.29, 1.82) is 0 Å². The minimum absolute atomic E-state index is 0.0321. The summed E-state index contributed by atoms with van der Waals surface area (Å²) in [5, 5.41) is 2.84. The van der Waals surface area contributed by atoms with E-state index in [1.807, 2.05) is 4.90 Å². The van der Waals surface area contributed by atoms with Gasteiger partial charge in [-0.25, -0.2) is 4.79 Å². The van der Waals surface area contributed by atoms with Gasteiger partial charge in [0.2, 0.25) is 5.91 Å². The van der Waals surface area contributed by atoms with Gasteiger partial charge in [-0.1, -0.05) is 6.92 Å². The molecule has 2 rings (SSSR count). The second-order valence-electron chi connectivity index (χ2n) is 6.52. The number of piperidine rings is 2. The number of carbonyl (C=O) groups excluding carboxylic acids is 2. The molecule has 6 heteroatoms. The van der Waals surface area contributed by atoms with Crippen molar-refractivity contribution in [2.75, 3.05) is 46.4 Å². The maximum absolute atomic E-state index is 12.6. The van der Waals surface area contributed by atoms with Crippen LogP contribution in [0, 0.1) is 11.8 Å². The molecule has 0 aromatic heterocycles. The van der Waals surface area contributed by atoms with E-state index in [1.165, 1.54) is 0 Å². The summed E-state index contributed by atoms with van der Waals surface area (Å²) in [5.74, 6) is 0.926. The molecule has 22 heavy (non-hydrogen) atoms. The average Bonchev–Trinajstić information content (AvgIpc) is 2.55. The van der Waals surface area contributed by atoms with Crippen LogP contribution in [0.25, 0.3) is 0 Å². The Kier molecular flexibility index (Phi) is 6.49. The molecular weight excluding hydrogens is 282 g/mol. The van der Waals surface area contributed by atoms with Gasteiger partial charge < -0.3 is 19.9 Å². The van der Waals surface area contributed by atoms with Gasteiger partial charge in [0.05, 0.1) is 12.5 Å². The van der Waals surface area contributed by atoms with Crippen LogP contribution in [0.15, 0.2) is 0 Å². The van der Waals surface area contributed by atoms with E-state index < -0.39 is 0 Å². The maximum Gasteiger partial charge on any atom is 0.317 e. The normalized spacial score (nSPS) is 23.5. The molecule has 0 radical (unpaired) electrons. The van der Waals surface area contributed by atoms with E-state index in [1.54, 1.807) is 12.0 Å². The summed E-state index contributed by atoms with van der Waals surface area (Å²) in [7, 11) is 1.61. The van der Waals surface area contributed by atoms with Crippen LogP contribution in [0.4, 0.5) is 4.79 Å². The first-order valence-corrected chi connectivity index (χ1v) is 8.42. The highest BCUT2D eigenvalue weighted by Gasteiger charge is 2.32. The van der Waals surface area contributed by atoms with Gasteiger partial charge in [-0.2, -0.15) is 0 Å². The van der Waals surface area contributed by atoms with Gasteiger partial charge in [-0.3, -0.25) is 4.79 Å². The molecular formula is C16H29N3O3. The van der Waals surface area contributed by atoms with Crippen molar-refractivity contribution in [1.82, 2.24) is 15.1 Å². The zero-order chi connectivity index (χ0) is 15.9. The number of rotatable bonds is 4. The number of hydrogen-bond acceptors (Lipinski definition) is 3. The van der Waals surface area contributed by atoms with Gasteiger partial charge in [-0.15, -0.1) is 0 Å². The van der Waals surface area contributed by atoms with Crippen molar-refractivity contribution < 1.29 is 14.3 Å². The Morgan fingerprint density at radius 3 is 2.55 bits per heavy atom. The molecule has 0 aromatic carbocycles. The molecule has 0 aromatic rings. The molecule has 1 N–H and O–H groups in total. The SMILES string of the molecule is COCCNC(=O)N1CCC[C@@H](C(=O)N2CCC(C)CC2)C1. The zero-order valence-electron chi connectivity index (χ0n) is 13.8. The molecule has 6 nitrogen and oxygen atoms in total. The fourth-order valence-electron chi connectivity index (χ4n) is 3.22. The number of carbonyl (C=O) groups is 2. The maximum atomic E-state index is 12.6. The second-order valence-corrected chi connectivity index (χ2v) is 6.52. The van der Waals surface area contributed by atoms with Crippen molar-refractivity contribution >= 4 is 11.9 Å². The van der Waals surface area contributed by atoms with Gasteiger partial charge in [-0.05, 0) is 31.6 Å². The van der Waals surface area contributed by atoms with E-state index >= 15 is 0 Å². The molecule has 0 unspecified atom stereocenters. The molecule has 0 saturated carbocycles. The van der Waals surface area contributed by atoms with Crippen LogP contribution in [-0.4, -0.2) is 68.2 Å². The van der Waals surface area contributed by atoms with E-state index in [2.05, 4.69) is 12.2 Å². The number of likely N-dealkylation sites (tertiary alicyclic amines) is 2. The van der Waals surface area contributed by atoms with Crippen molar-refractivity contribution in [3.8, 4) is 0 Å². The molecule has 1 atom stereocenters. The summed E-state index contributed by atoms with van der Waals surface area (Å²) < 4.78 is 4.93. The number of amides is 3. The number of nitrogens with zero attached hydrogens (tertiary/aromatic N) is 2. The number of hydrogen-bond donors (Lipinski definition) is 1. The molecule has 2 fully saturated rings. The summed E-state index contributed by atoms with van der Waals surface area (Å²) in [5.41, 5.74) is 0. The first-order chi connectivity index (χ1) is 10.6. The molecule has 2 heterocycles. The van der Waals surface area contributed by atoms with Gasteiger partial charge in [0, 0.05) is 39.8 Å². The topological polar surface area (TPSA) is 61.9 Å². The quantitative estimate of drug-likeness (QED) is 0.796. The molecule has 2 saturated heterocycles. The standard InChI is InChI=1S/C16H29N3O3/c1-13-5-9-18(10-6-13)15(20)14-4-3-8-19(12-14)16(21)17-7-11-22-2/h13-14H,3-12H2,1-2H3,(H,17,21)/t14-/m1/s1. The van der Waals surface area contributed by atoms with E-state index in [0.717, 1.165) is 51.2 Å². The fraction of sp³-hybridized carbons (Fsp3) is 0.875. The van der Waals surface area contributed by atoms with Crippen LogP contribution < -0.4 is 5.32 Å². The van der Waals surface area contributed by atoms with Crippen LogP contribution in [0.1, 0.15) is 32.6 Å². The summed E-state index contributed by atoms with van der Waals surface area (Å²) in [4.78, 5) is 28.5. The lowest BCUT2D eigenvalue weighted by molar-refractivity contribution is -0.138. The smallest absolute Gasteiger partial charge is 0.317 e. The minimum atomic E-state index is -0.0817. The van der Waals surface area contributed by atoms with E-state index in [0.29, 0.717) is 19.7 Å². The number of methoxy groups -OCH3 is 1. The Bertz CT molecular complexity index is 381. The fourth-order valence-corrected chi connectivity index (χ4v) is 3.22. The monoisotopic (exact) mass is 311 g/mol. The third kappa shape index (κ3) is 4.60. The molecule has 2 aliphatic rings. The highest BCUT2D eigenvalue weighted by molar-refractivity contribution is 5.81. The predicted octanol–water partition coefficient (Wildman–Crippen LogP) is 1.31. The van der Waals surface area contributed by atoms with Crippen molar-refractivity contribution in [2.45, 2.75) is 32.6 Å². The van der Waals surface area contributed by atoms with E-state index in [4.69, 9.17) is 4.74 Å². The van der Waals surface area contributed by atoms with Crippen LogP contribution in [-0.2, 0) is 9.53 Å². The van der Waals surface area contributed by atoms with E-state index in [-0.39, 0.29) is 17.9 Å². The van der Waals surface area contributed by atoms with Gasteiger partial charge >= 0.3 is 6.03 Å². The molecule has 0 spiro atoms. The van der Waals surface area contributed by atoms with E-state index in [9.17, 15) is 9.59 Å². The summed E-state index contributed by atoms with van der Waals surface area (Å²) in [6.07, 6.45) is 3.99. The summed E-state index contributed by atoms with van der Waals surface area (Å²) >= 11 is 0. The first kappa shape index (κ1) is 17.1. The van der Waals surface area contributed by atoms with Crippen molar-refractivity contribution in [3.63, 3.8) is 0 Å². The Morgan fingerprint density at radius 1 is 1.14 bits per heavy atom. The molecule has 126 valence electrons. The van der Waals surface area contributed by atoms with Crippen molar-refractivity contribution in [3.05, 3.63) is 0 Å². The lowest BCUT2D eigenvalue weighted by atomic mass is 9.93. The highest BCUT2D eigenvalue weighted by Crippen LogP contribution is 2.23. The minimum Gasteiger partial charge on any atom is -0.383 e.